The standard InChI is InChI=1S/C30H29IN4O2/c1-30(2,3)37-29(36)35-14-12-21(19-35)18-34-15-13-26-27(34)16-25(22-6-4-20(17-32)5-7-22)28(33-26)23-8-10-24(31)11-9-23/h4-11,13,15-16,21H,12,14,18-19H2,1-3H3/t21-/m1/s1. The van der Waals surface area contributed by atoms with Gasteiger partial charge in [0.15, 0.2) is 0 Å². The lowest BCUT2D eigenvalue weighted by Gasteiger charge is -2.24. The Morgan fingerprint density at radius 2 is 1.81 bits per heavy atom. The van der Waals surface area contributed by atoms with Crippen LogP contribution in [0.25, 0.3) is 33.4 Å². The van der Waals surface area contributed by atoms with Gasteiger partial charge in [-0.15, -0.1) is 0 Å². The number of rotatable bonds is 4. The summed E-state index contributed by atoms with van der Waals surface area (Å²) < 4.78 is 8.99. The van der Waals surface area contributed by atoms with Crippen molar-refractivity contribution in [2.45, 2.75) is 39.3 Å². The smallest absolute Gasteiger partial charge is 0.410 e. The molecule has 188 valence electrons. The highest BCUT2D eigenvalue weighted by Crippen LogP contribution is 2.35. The van der Waals surface area contributed by atoms with Crippen molar-refractivity contribution in [1.29, 1.82) is 5.26 Å². The summed E-state index contributed by atoms with van der Waals surface area (Å²) in [6.45, 7) is 7.89. The molecule has 0 unspecified atom stereocenters. The molecule has 1 saturated heterocycles. The Bertz CT molecular complexity index is 1480. The molecule has 0 N–H and O–H groups in total. The summed E-state index contributed by atoms with van der Waals surface area (Å²) in [5.41, 5.74) is 6.16. The summed E-state index contributed by atoms with van der Waals surface area (Å²) in [5, 5.41) is 9.25. The molecule has 7 heteroatoms. The summed E-state index contributed by atoms with van der Waals surface area (Å²) >= 11 is 2.31. The Labute approximate surface area is 231 Å². The summed E-state index contributed by atoms with van der Waals surface area (Å²) in [7, 11) is 0. The highest BCUT2D eigenvalue weighted by atomic mass is 127. The lowest BCUT2D eigenvalue weighted by Crippen LogP contribution is -2.35. The average molecular weight is 604 g/mol. The van der Waals surface area contributed by atoms with Crippen LogP contribution in [0, 0.1) is 20.8 Å². The van der Waals surface area contributed by atoms with Crippen molar-refractivity contribution in [2.24, 2.45) is 5.92 Å². The molecule has 1 aliphatic heterocycles. The van der Waals surface area contributed by atoms with E-state index in [-0.39, 0.29) is 6.09 Å². The van der Waals surface area contributed by atoms with Crippen LogP contribution in [-0.2, 0) is 11.3 Å². The molecular weight excluding hydrogens is 575 g/mol. The number of halogens is 1. The van der Waals surface area contributed by atoms with Crippen molar-refractivity contribution in [2.75, 3.05) is 13.1 Å². The van der Waals surface area contributed by atoms with Crippen LogP contribution in [0.5, 0.6) is 0 Å². The Morgan fingerprint density at radius 1 is 1.11 bits per heavy atom. The van der Waals surface area contributed by atoms with Gasteiger partial charge >= 0.3 is 6.09 Å². The van der Waals surface area contributed by atoms with E-state index >= 15 is 0 Å². The molecule has 1 fully saturated rings. The average Bonchev–Trinajstić information content (AvgIpc) is 3.50. The molecule has 2 aromatic heterocycles. The molecule has 5 rings (SSSR count). The Balaban J connectivity index is 1.48. The third-order valence-corrected chi connectivity index (χ3v) is 7.31. The first-order valence-corrected chi connectivity index (χ1v) is 13.5. The van der Waals surface area contributed by atoms with Gasteiger partial charge in [0.1, 0.15) is 5.60 Å². The van der Waals surface area contributed by atoms with E-state index in [0.717, 1.165) is 46.4 Å². The van der Waals surface area contributed by atoms with E-state index in [0.29, 0.717) is 24.6 Å². The van der Waals surface area contributed by atoms with E-state index in [1.165, 1.54) is 3.57 Å². The number of hydrogen-bond acceptors (Lipinski definition) is 4. The molecule has 0 spiro atoms. The molecule has 37 heavy (non-hydrogen) atoms. The van der Waals surface area contributed by atoms with E-state index in [9.17, 15) is 10.1 Å². The highest BCUT2D eigenvalue weighted by Gasteiger charge is 2.30. The molecular formula is C30H29IN4O2. The second-order valence-corrected chi connectivity index (χ2v) is 11.8. The SMILES string of the molecule is CC(C)(C)OC(=O)N1CC[C@H](Cn2ccc3nc(-c4ccc(I)cc4)c(-c4ccc(C#N)cc4)cc32)C1. The van der Waals surface area contributed by atoms with E-state index in [2.05, 4.69) is 75.8 Å². The molecule has 1 atom stereocenters. The minimum Gasteiger partial charge on any atom is -0.444 e. The van der Waals surface area contributed by atoms with Crippen LogP contribution in [0.3, 0.4) is 0 Å². The van der Waals surface area contributed by atoms with Crippen molar-refractivity contribution < 1.29 is 9.53 Å². The normalized spacial score (nSPS) is 15.6. The van der Waals surface area contributed by atoms with Crippen LogP contribution in [-0.4, -0.2) is 39.2 Å². The molecule has 0 aliphatic carbocycles. The minimum absolute atomic E-state index is 0.237. The van der Waals surface area contributed by atoms with Crippen LogP contribution < -0.4 is 0 Å². The maximum absolute atomic E-state index is 12.5. The van der Waals surface area contributed by atoms with Crippen LogP contribution in [0.2, 0.25) is 0 Å². The third kappa shape index (κ3) is 5.64. The molecule has 0 radical (unpaired) electrons. The number of nitriles is 1. The zero-order chi connectivity index (χ0) is 26.2. The van der Waals surface area contributed by atoms with Crippen LogP contribution in [0.1, 0.15) is 32.8 Å². The fourth-order valence-corrected chi connectivity index (χ4v) is 5.15. The third-order valence-electron chi connectivity index (χ3n) is 6.59. The zero-order valence-corrected chi connectivity index (χ0v) is 23.4. The molecule has 3 heterocycles. The Kier molecular flexibility index (Phi) is 6.95. The number of fused-ring (bicyclic) bond motifs is 1. The Morgan fingerprint density at radius 3 is 2.49 bits per heavy atom. The molecule has 6 nitrogen and oxygen atoms in total. The Hall–Kier alpha value is -3.38. The number of pyridine rings is 1. The second-order valence-electron chi connectivity index (χ2n) is 10.5. The minimum atomic E-state index is -0.492. The first-order chi connectivity index (χ1) is 17.7. The summed E-state index contributed by atoms with van der Waals surface area (Å²) in [6, 6.07) is 22.5. The van der Waals surface area contributed by atoms with Crippen LogP contribution >= 0.6 is 22.6 Å². The topological polar surface area (TPSA) is 71.2 Å². The van der Waals surface area contributed by atoms with Crippen molar-refractivity contribution in [3.05, 3.63) is 76.0 Å². The molecule has 1 amide bonds. The van der Waals surface area contributed by atoms with Gasteiger partial charge in [0.25, 0.3) is 0 Å². The highest BCUT2D eigenvalue weighted by molar-refractivity contribution is 14.1. The van der Waals surface area contributed by atoms with Gasteiger partial charge < -0.3 is 14.2 Å². The van der Waals surface area contributed by atoms with Gasteiger partial charge in [-0.3, -0.25) is 0 Å². The predicted octanol–water partition coefficient (Wildman–Crippen LogP) is 7.10. The van der Waals surface area contributed by atoms with Gasteiger partial charge in [0.2, 0.25) is 0 Å². The van der Waals surface area contributed by atoms with Gasteiger partial charge in [-0.1, -0.05) is 24.3 Å². The number of amides is 1. The van der Waals surface area contributed by atoms with Crippen LogP contribution in [0.15, 0.2) is 66.9 Å². The first kappa shape index (κ1) is 25.3. The van der Waals surface area contributed by atoms with Gasteiger partial charge in [-0.2, -0.15) is 5.26 Å². The van der Waals surface area contributed by atoms with Gasteiger partial charge in [-0.25, -0.2) is 9.78 Å². The fraction of sp³-hybridized carbons (Fsp3) is 0.300. The van der Waals surface area contributed by atoms with Gasteiger partial charge in [0.05, 0.1) is 28.4 Å². The van der Waals surface area contributed by atoms with Gasteiger partial charge in [-0.05, 0) is 97.7 Å². The number of carbonyl (C=O) groups excluding carboxylic acids is 1. The largest absolute Gasteiger partial charge is 0.444 e. The predicted molar refractivity (Wildman–Crippen MR) is 154 cm³/mol. The number of ether oxygens (including phenoxy) is 1. The van der Waals surface area contributed by atoms with E-state index in [4.69, 9.17) is 9.72 Å². The van der Waals surface area contributed by atoms with E-state index < -0.39 is 5.60 Å². The summed E-state index contributed by atoms with van der Waals surface area (Å²) in [5.74, 6) is 0.345. The number of benzene rings is 2. The molecule has 4 aromatic rings. The summed E-state index contributed by atoms with van der Waals surface area (Å²) in [4.78, 5) is 19.4. The molecule has 0 bridgehead atoms. The lowest BCUT2D eigenvalue weighted by molar-refractivity contribution is 0.0287. The monoisotopic (exact) mass is 604 g/mol. The van der Waals surface area contributed by atoms with Crippen molar-refractivity contribution in [1.82, 2.24) is 14.5 Å². The maximum atomic E-state index is 12.5. The molecule has 1 aliphatic rings. The van der Waals surface area contributed by atoms with E-state index in [1.54, 1.807) is 0 Å². The lowest BCUT2D eigenvalue weighted by atomic mass is 9.98. The number of carbonyl (C=O) groups is 1. The van der Waals surface area contributed by atoms with Crippen molar-refractivity contribution >= 4 is 39.7 Å². The van der Waals surface area contributed by atoms with E-state index in [1.807, 2.05) is 49.9 Å². The van der Waals surface area contributed by atoms with Crippen molar-refractivity contribution in [3.8, 4) is 28.5 Å². The van der Waals surface area contributed by atoms with Crippen molar-refractivity contribution in [3.63, 3.8) is 0 Å². The fourth-order valence-electron chi connectivity index (χ4n) is 4.79. The van der Waals surface area contributed by atoms with Gasteiger partial charge in [0, 0.05) is 40.5 Å². The zero-order valence-electron chi connectivity index (χ0n) is 21.2. The summed E-state index contributed by atoms with van der Waals surface area (Å²) in [6.07, 6.45) is 2.79. The quantitative estimate of drug-likeness (QED) is 0.233. The number of nitrogens with zero attached hydrogens (tertiary/aromatic N) is 4. The molecule has 0 saturated carbocycles. The number of aromatic nitrogens is 2. The maximum Gasteiger partial charge on any atom is 0.410 e. The number of hydrogen-bond donors (Lipinski definition) is 0. The molecule has 2 aromatic carbocycles. The number of likely N-dealkylation sites (tertiary alicyclic amines) is 1. The second kappa shape index (κ2) is 10.2. The first-order valence-electron chi connectivity index (χ1n) is 12.4. The van der Waals surface area contributed by atoms with Crippen LogP contribution in [0.4, 0.5) is 4.79 Å².